The smallest absolute Gasteiger partial charge is 0.244 e. The number of nitrogens with zero attached hydrogens (tertiary/aromatic N) is 2. The van der Waals surface area contributed by atoms with Gasteiger partial charge in [0, 0.05) is 33.2 Å². The summed E-state index contributed by atoms with van der Waals surface area (Å²) in [6.45, 7) is 8.62. The van der Waals surface area contributed by atoms with Gasteiger partial charge in [-0.1, -0.05) is 0 Å². The van der Waals surface area contributed by atoms with Gasteiger partial charge in [-0.15, -0.1) is 0 Å². The number of amides is 1. The highest BCUT2D eigenvalue weighted by Gasteiger charge is 2.38. The minimum absolute atomic E-state index is 0.0552. The summed E-state index contributed by atoms with van der Waals surface area (Å²) in [4.78, 5) is 13.7. The SMILES string of the molecule is CCOCC1CN(C(C)=O)CCN1S(=O)(=O)c1c(C)cc(OC)cc1C. The van der Waals surface area contributed by atoms with Crippen molar-refractivity contribution in [2.75, 3.05) is 40.0 Å². The van der Waals surface area contributed by atoms with Crippen LogP contribution in [0.25, 0.3) is 0 Å². The van der Waals surface area contributed by atoms with Crippen LogP contribution in [0.5, 0.6) is 5.75 Å². The van der Waals surface area contributed by atoms with Crippen LogP contribution < -0.4 is 4.74 Å². The third-order valence-corrected chi connectivity index (χ3v) is 6.88. The quantitative estimate of drug-likeness (QED) is 0.744. The summed E-state index contributed by atoms with van der Waals surface area (Å²) in [5.74, 6) is 0.576. The van der Waals surface area contributed by atoms with Gasteiger partial charge in [0.25, 0.3) is 0 Å². The summed E-state index contributed by atoms with van der Waals surface area (Å²) < 4.78 is 39.0. The fourth-order valence-electron chi connectivity index (χ4n) is 3.38. The Labute approximate surface area is 155 Å². The van der Waals surface area contributed by atoms with Crippen LogP contribution in [0.4, 0.5) is 0 Å². The van der Waals surface area contributed by atoms with Crippen molar-refractivity contribution in [3.05, 3.63) is 23.3 Å². The zero-order valence-corrected chi connectivity index (χ0v) is 16.9. The molecule has 0 aromatic heterocycles. The van der Waals surface area contributed by atoms with Gasteiger partial charge < -0.3 is 14.4 Å². The molecule has 1 saturated heterocycles. The summed E-state index contributed by atoms with van der Waals surface area (Å²) in [6.07, 6.45) is 0. The number of aryl methyl sites for hydroxylation is 2. The third-order valence-electron chi connectivity index (χ3n) is 4.62. The summed E-state index contributed by atoms with van der Waals surface area (Å²) in [6, 6.07) is 3.05. The van der Waals surface area contributed by atoms with Gasteiger partial charge in [0.15, 0.2) is 0 Å². The standard InChI is InChI=1S/C18H28N2O5S/c1-6-25-12-16-11-19(15(4)21)7-8-20(16)26(22,23)18-13(2)9-17(24-5)10-14(18)3/h9-10,16H,6-8,11-12H2,1-5H3. The van der Waals surface area contributed by atoms with E-state index >= 15 is 0 Å². The molecule has 0 aliphatic carbocycles. The maximum atomic E-state index is 13.4. The van der Waals surface area contributed by atoms with Crippen LogP contribution in [0.1, 0.15) is 25.0 Å². The van der Waals surface area contributed by atoms with Crippen molar-refractivity contribution in [2.24, 2.45) is 0 Å². The lowest BCUT2D eigenvalue weighted by Gasteiger charge is -2.40. The van der Waals surface area contributed by atoms with E-state index in [1.165, 1.54) is 11.2 Å². The van der Waals surface area contributed by atoms with Gasteiger partial charge in [-0.25, -0.2) is 8.42 Å². The number of hydrogen-bond acceptors (Lipinski definition) is 5. The van der Waals surface area contributed by atoms with Crippen molar-refractivity contribution in [3.63, 3.8) is 0 Å². The van der Waals surface area contributed by atoms with Crippen LogP contribution in [0.15, 0.2) is 17.0 Å². The van der Waals surface area contributed by atoms with E-state index in [0.29, 0.717) is 41.5 Å². The molecule has 1 unspecified atom stereocenters. The number of rotatable bonds is 6. The van der Waals surface area contributed by atoms with E-state index in [1.54, 1.807) is 38.0 Å². The molecule has 1 aliphatic rings. The Morgan fingerprint density at radius 1 is 1.23 bits per heavy atom. The van der Waals surface area contributed by atoms with Gasteiger partial charge in [-0.2, -0.15) is 4.31 Å². The molecule has 8 heteroatoms. The minimum Gasteiger partial charge on any atom is -0.497 e. The van der Waals surface area contributed by atoms with E-state index in [2.05, 4.69) is 0 Å². The Bertz CT molecular complexity index is 740. The van der Waals surface area contributed by atoms with E-state index in [1.807, 2.05) is 6.92 Å². The first-order valence-electron chi connectivity index (χ1n) is 8.72. The molecule has 1 fully saturated rings. The number of benzene rings is 1. The normalized spacial score (nSPS) is 18.8. The highest BCUT2D eigenvalue weighted by Crippen LogP contribution is 2.30. The molecule has 146 valence electrons. The number of methoxy groups -OCH3 is 1. The van der Waals surface area contributed by atoms with Crippen LogP contribution in [0.2, 0.25) is 0 Å². The topological polar surface area (TPSA) is 76.2 Å². The largest absolute Gasteiger partial charge is 0.497 e. The van der Waals surface area contributed by atoms with Crippen LogP contribution in [-0.2, 0) is 19.6 Å². The number of piperazine rings is 1. The number of hydrogen-bond donors (Lipinski definition) is 0. The maximum Gasteiger partial charge on any atom is 0.244 e. The molecule has 0 N–H and O–H groups in total. The van der Waals surface area contributed by atoms with Crippen molar-refractivity contribution in [1.29, 1.82) is 0 Å². The van der Waals surface area contributed by atoms with E-state index in [-0.39, 0.29) is 19.1 Å². The van der Waals surface area contributed by atoms with Gasteiger partial charge in [0.1, 0.15) is 5.75 Å². The first kappa shape index (κ1) is 20.7. The average molecular weight is 384 g/mol. The zero-order valence-electron chi connectivity index (χ0n) is 16.1. The highest BCUT2D eigenvalue weighted by atomic mass is 32.2. The molecule has 26 heavy (non-hydrogen) atoms. The molecule has 1 aliphatic heterocycles. The molecule has 1 atom stereocenters. The second-order valence-electron chi connectivity index (χ2n) is 6.48. The summed E-state index contributed by atoms with van der Waals surface area (Å²) in [5, 5.41) is 0. The Morgan fingerprint density at radius 3 is 2.35 bits per heavy atom. The summed E-state index contributed by atoms with van der Waals surface area (Å²) in [5.41, 5.74) is 1.29. The Kier molecular flexibility index (Phi) is 6.65. The fourth-order valence-corrected chi connectivity index (χ4v) is 5.39. The summed E-state index contributed by atoms with van der Waals surface area (Å²) in [7, 11) is -2.16. The van der Waals surface area contributed by atoms with E-state index in [0.717, 1.165) is 0 Å². The molecule has 0 radical (unpaired) electrons. The van der Waals surface area contributed by atoms with E-state index < -0.39 is 16.1 Å². The molecule has 1 aromatic carbocycles. The highest BCUT2D eigenvalue weighted by molar-refractivity contribution is 7.89. The Hall–Kier alpha value is -1.64. The summed E-state index contributed by atoms with van der Waals surface area (Å²) >= 11 is 0. The molecule has 1 amide bonds. The number of carbonyl (C=O) groups is 1. The Morgan fingerprint density at radius 2 is 1.85 bits per heavy atom. The molecule has 0 spiro atoms. The van der Waals surface area contributed by atoms with Crippen LogP contribution in [0, 0.1) is 13.8 Å². The molecule has 2 rings (SSSR count). The van der Waals surface area contributed by atoms with Gasteiger partial charge in [-0.05, 0) is 44.0 Å². The van der Waals surface area contributed by atoms with Crippen molar-refractivity contribution in [3.8, 4) is 5.75 Å². The molecule has 7 nitrogen and oxygen atoms in total. The number of sulfonamides is 1. The predicted molar refractivity (Wildman–Crippen MR) is 98.9 cm³/mol. The van der Waals surface area contributed by atoms with Gasteiger partial charge in [-0.3, -0.25) is 4.79 Å². The monoisotopic (exact) mass is 384 g/mol. The fraction of sp³-hybridized carbons (Fsp3) is 0.611. The van der Waals surface area contributed by atoms with Crippen molar-refractivity contribution in [2.45, 2.75) is 38.6 Å². The van der Waals surface area contributed by atoms with E-state index in [4.69, 9.17) is 9.47 Å². The first-order valence-corrected chi connectivity index (χ1v) is 10.2. The third kappa shape index (κ3) is 4.19. The minimum atomic E-state index is -3.72. The maximum absolute atomic E-state index is 13.4. The molecule has 1 aromatic rings. The van der Waals surface area contributed by atoms with Crippen molar-refractivity contribution in [1.82, 2.24) is 9.21 Å². The molecular weight excluding hydrogens is 356 g/mol. The molecule has 0 bridgehead atoms. The molecular formula is C18H28N2O5S. The molecule has 0 saturated carbocycles. The van der Waals surface area contributed by atoms with Gasteiger partial charge in [0.2, 0.25) is 15.9 Å². The molecule has 1 heterocycles. The zero-order chi connectivity index (χ0) is 19.5. The van der Waals surface area contributed by atoms with Gasteiger partial charge >= 0.3 is 0 Å². The number of carbonyl (C=O) groups excluding carboxylic acids is 1. The second kappa shape index (κ2) is 8.37. The average Bonchev–Trinajstić information content (AvgIpc) is 2.58. The lowest BCUT2D eigenvalue weighted by atomic mass is 10.1. The number of ether oxygens (including phenoxy) is 2. The van der Waals surface area contributed by atoms with Crippen molar-refractivity contribution < 1.29 is 22.7 Å². The van der Waals surface area contributed by atoms with E-state index in [9.17, 15) is 13.2 Å². The van der Waals surface area contributed by atoms with Crippen LogP contribution >= 0.6 is 0 Å². The van der Waals surface area contributed by atoms with Crippen molar-refractivity contribution >= 4 is 15.9 Å². The predicted octanol–water partition coefficient (Wildman–Crippen LogP) is 1.57. The van der Waals surface area contributed by atoms with Gasteiger partial charge in [0.05, 0.1) is 24.7 Å². The lowest BCUT2D eigenvalue weighted by molar-refractivity contribution is -0.131. The van der Waals surface area contributed by atoms with Crippen LogP contribution in [0.3, 0.4) is 0 Å². The first-order chi connectivity index (χ1) is 12.2. The Balaban J connectivity index is 2.41. The second-order valence-corrected chi connectivity index (χ2v) is 8.31. The lowest BCUT2D eigenvalue weighted by Crippen LogP contribution is -2.57. The van der Waals surface area contributed by atoms with Crippen LogP contribution in [-0.4, -0.2) is 69.5 Å².